The smallest absolute Gasteiger partial charge is 0.271 e. The number of benzene rings is 1. The third kappa shape index (κ3) is 3.04. The maximum atomic E-state index is 13.2. The van der Waals surface area contributed by atoms with Gasteiger partial charge in [0.05, 0.1) is 15.7 Å². The highest BCUT2D eigenvalue weighted by Crippen LogP contribution is 2.29. The van der Waals surface area contributed by atoms with Crippen LogP contribution in [0.15, 0.2) is 28.5 Å². The lowest BCUT2D eigenvalue weighted by Gasteiger charge is -2.07. The Labute approximate surface area is 128 Å². The van der Waals surface area contributed by atoms with Crippen LogP contribution >= 0.6 is 34.5 Å². The van der Waals surface area contributed by atoms with Gasteiger partial charge in [0.1, 0.15) is 15.2 Å². The Morgan fingerprint density at radius 1 is 1.25 bits per heavy atom. The Morgan fingerprint density at radius 2 is 1.85 bits per heavy atom. The predicted molar refractivity (Wildman–Crippen MR) is 76.3 cm³/mol. The third-order valence-electron chi connectivity index (χ3n) is 2.19. The quantitative estimate of drug-likeness (QED) is 0.854. The van der Waals surface area contributed by atoms with Crippen molar-refractivity contribution >= 4 is 50.2 Å². The van der Waals surface area contributed by atoms with E-state index >= 15 is 0 Å². The first-order chi connectivity index (χ1) is 9.33. The molecule has 0 aliphatic carbocycles. The van der Waals surface area contributed by atoms with Crippen LogP contribution in [0.25, 0.3) is 0 Å². The van der Waals surface area contributed by atoms with Gasteiger partial charge in [-0.25, -0.2) is 12.8 Å². The van der Waals surface area contributed by atoms with E-state index in [1.807, 2.05) is 6.07 Å². The van der Waals surface area contributed by atoms with E-state index in [9.17, 15) is 12.8 Å². The van der Waals surface area contributed by atoms with Gasteiger partial charge in [-0.3, -0.25) is 4.72 Å². The lowest BCUT2D eigenvalue weighted by atomic mass is 10.3. The van der Waals surface area contributed by atoms with Crippen molar-refractivity contribution in [3.8, 4) is 6.07 Å². The standard InChI is InChI=1S/C11H5Cl2FN2O2S2/c12-8-3-6(4-9(13)11(8)14)16-20(17,18)10-2-1-7(5-15)19-10/h1-4,16H. The summed E-state index contributed by atoms with van der Waals surface area (Å²) in [5.74, 6) is -0.820. The molecule has 0 fully saturated rings. The topological polar surface area (TPSA) is 70.0 Å². The molecule has 1 aromatic carbocycles. The number of sulfonamides is 1. The highest BCUT2D eigenvalue weighted by Gasteiger charge is 2.18. The average Bonchev–Trinajstić information content (AvgIpc) is 2.85. The Morgan fingerprint density at radius 3 is 2.35 bits per heavy atom. The van der Waals surface area contributed by atoms with Crippen molar-refractivity contribution < 1.29 is 12.8 Å². The summed E-state index contributed by atoms with van der Waals surface area (Å²) in [4.78, 5) is 0.264. The van der Waals surface area contributed by atoms with Crippen molar-refractivity contribution in [3.63, 3.8) is 0 Å². The van der Waals surface area contributed by atoms with E-state index in [-0.39, 0.29) is 24.8 Å². The van der Waals surface area contributed by atoms with Crippen LogP contribution in [0.2, 0.25) is 10.0 Å². The summed E-state index contributed by atoms with van der Waals surface area (Å²) in [6.45, 7) is 0. The molecule has 1 heterocycles. The second-order valence-electron chi connectivity index (χ2n) is 3.59. The molecule has 2 aromatic rings. The molecule has 9 heteroatoms. The summed E-state index contributed by atoms with van der Waals surface area (Å²) < 4.78 is 39.5. The first kappa shape index (κ1) is 15.1. The van der Waals surface area contributed by atoms with Gasteiger partial charge in [-0.1, -0.05) is 23.2 Å². The molecule has 0 radical (unpaired) electrons. The summed E-state index contributed by atoms with van der Waals surface area (Å²) in [6.07, 6.45) is 0. The van der Waals surface area contributed by atoms with Crippen molar-refractivity contribution in [3.05, 3.63) is 45.0 Å². The second kappa shape index (κ2) is 5.58. The minimum atomic E-state index is -3.87. The molecule has 0 saturated carbocycles. The molecule has 0 saturated heterocycles. The fourth-order valence-corrected chi connectivity index (χ4v) is 3.98. The van der Waals surface area contributed by atoms with Gasteiger partial charge in [-0.15, -0.1) is 11.3 Å². The first-order valence-corrected chi connectivity index (χ1v) is 8.06. The van der Waals surface area contributed by atoms with E-state index in [2.05, 4.69) is 4.72 Å². The summed E-state index contributed by atoms with van der Waals surface area (Å²) in [5.41, 5.74) is 0.0355. The number of thiophene rings is 1. The van der Waals surface area contributed by atoms with Gasteiger partial charge in [0.15, 0.2) is 5.82 Å². The molecular formula is C11H5Cl2FN2O2S2. The molecule has 0 unspecified atom stereocenters. The summed E-state index contributed by atoms with van der Waals surface area (Å²) in [7, 11) is -3.87. The highest BCUT2D eigenvalue weighted by molar-refractivity contribution is 7.94. The molecule has 0 aliphatic rings. The minimum absolute atomic E-state index is 0.0355. The number of nitrogens with one attached hydrogen (secondary N) is 1. The van der Waals surface area contributed by atoms with E-state index < -0.39 is 15.8 Å². The van der Waals surface area contributed by atoms with Crippen molar-refractivity contribution in [2.75, 3.05) is 4.72 Å². The lowest BCUT2D eigenvalue weighted by molar-refractivity contribution is 0.603. The lowest BCUT2D eigenvalue weighted by Crippen LogP contribution is -2.11. The SMILES string of the molecule is N#Cc1ccc(S(=O)(=O)Nc2cc(Cl)c(F)c(Cl)c2)s1. The molecule has 0 amide bonds. The van der Waals surface area contributed by atoms with Crippen molar-refractivity contribution in [1.29, 1.82) is 5.26 Å². The van der Waals surface area contributed by atoms with E-state index in [0.717, 1.165) is 23.5 Å². The van der Waals surface area contributed by atoms with Gasteiger partial charge in [0, 0.05) is 0 Å². The fourth-order valence-electron chi connectivity index (χ4n) is 1.34. The Kier molecular flexibility index (Phi) is 4.20. The molecular weight excluding hydrogens is 346 g/mol. The molecule has 0 atom stereocenters. The number of hydrogen-bond acceptors (Lipinski definition) is 4. The molecule has 1 N–H and O–H groups in total. The van der Waals surface area contributed by atoms with Crippen molar-refractivity contribution in [1.82, 2.24) is 0 Å². The molecule has 0 spiro atoms. The van der Waals surface area contributed by atoms with Crippen molar-refractivity contribution in [2.45, 2.75) is 4.21 Å². The van der Waals surface area contributed by atoms with Gasteiger partial charge in [-0.2, -0.15) is 5.26 Å². The van der Waals surface area contributed by atoms with Crippen LogP contribution in [0.3, 0.4) is 0 Å². The summed E-state index contributed by atoms with van der Waals surface area (Å²) in [5, 5.41) is 8.09. The first-order valence-electron chi connectivity index (χ1n) is 5.01. The highest BCUT2D eigenvalue weighted by atomic mass is 35.5. The number of anilines is 1. The Hall–Kier alpha value is -1.33. The van der Waals surface area contributed by atoms with E-state index in [1.165, 1.54) is 12.1 Å². The van der Waals surface area contributed by atoms with Crippen LogP contribution in [-0.2, 0) is 10.0 Å². The van der Waals surface area contributed by atoms with E-state index in [0.29, 0.717) is 0 Å². The normalized spacial score (nSPS) is 11.1. The minimum Gasteiger partial charge on any atom is -0.279 e. The van der Waals surface area contributed by atoms with E-state index in [1.54, 1.807) is 0 Å². The monoisotopic (exact) mass is 350 g/mol. The number of rotatable bonds is 3. The van der Waals surface area contributed by atoms with Crippen LogP contribution in [0, 0.1) is 17.1 Å². The van der Waals surface area contributed by atoms with Crippen LogP contribution in [0.4, 0.5) is 10.1 Å². The van der Waals surface area contributed by atoms with Gasteiger partial charge in [-0.05, 0) is 24.3 Å². The molecule has 4 nitrogen and oxygen atoms in total. The molecule has 1 aromatic heterocycles. The van der Waals surface area contributed by atoms with E-state index in [4.69, 9.17) is 28.5 Å². The molecule has 104 valence electrons. The largest absolute Gasteiger partial charge is 0.279 e. The van der Waals surface area contributed by atoms with Crippen LogP contribution in [0.1, 0.15) is 4.88 Å². The number of hydrogen-bond donors (Lipinski definition) is 1. The number of nitriles is 1. The van der Waals surface area contributed by atoms with Crippen molar-refractivity contribution in [2.24, 2.45) is 0 Å². The average molecular weight is 351 g/mol. The second-order valence-corrected chi connectivity index (χ2v) is 7.40. The van der Waals surface area contributed by atoms with Gasteiger partial charge in [0.25, 0.3) is 10.0 Å². The Balaban J connectivity index is 2.36. The van der Waals surface area contributed by atoms with Gasteiger partial charge >= 0.3 is 0 Å². The number of halogens is 3. The summed E-state index contributed by atoms with van der Waals surface area (Å²) >= 11 is 12.0. The zero-order valence-electron chi connectivity index (χ0n) is 9.52. The van der Waals surface area contributed by atoms with Gasteiger partial charge in [0.2, 0.25) is 0 Å². The zero-order valence-corrected chi connectivity index (χ0v) is 12.7. The van der Waals surface area contributed by atoms with Crippen LogP contribution in [0.5, 0.6) is 0 Å². The van der Waals surface area contributed by atoms with Gasteiger partial charge < -0.3 is 0 Å². The fraction of sp³-hybridized carbons (Fsp3) is 0. The molecule has 0 bridgehead atoms. The molecule has 2 rings (SSSR count). The van der Waals surface area contributed by atoms with Crippen LogP contribution < -0.4 is 4.72 Å². The molecule has 0 aliphatic heterocycles. The maximum Gasteiger partial charge on any atom is 0.271 e. The maximum absolute atomic E-state index is 13.2. The predicted octanol–water partition coefficient (Wildman–Crippen LogP) is 3.87. The number of nitrogens with zero attached hydrogens (tertiary/aromatic N) is 1. The molecule has 20 heavy (non-hydrogen) atoms. The summed E-state index contributed by atoms with van der Waals surface area (Å²) in [6, 6.07) is 6.76. The Bertz CT molecular complexity index is 789. The zero-order chi connectivity index (χ0) is 14.9. The third-order valence-corrected chi connectivity index (χ3v) is 5.61. The van der Waals surface area contributed by atoms with Crippen LogP contribution in [-0.4, -0.2) is 8.42 Å².